The average Bonchev–Trinajstić information content (AvgIpc) is 3.93. The molecule has 13 aromatic rings. The Kier molecular flexibility index (Phi) is 8.53. The molecular formula is C62H40N2O. The maximum absolute atomic E-state index is 6.50. The van der Waals surface area contributed by atoms with Gasteiger partial charge >= 0.3 is 0 Å². The molecule has 2 heterocycles. The highest BCUT2D eigenvalue weighted by Crippen LogP contribution is 2.42. The number of hydrogen-bond donors (Lipinski definition) is 0. The van der Waals surface area contributed by atoms with Crippen LogP contribution in [-0.4, -0.2) is 4.57 Å². The molecule has 304 valence electrons. The van der Waals surface area contributed by atoms with E-state index in [0.29, 0.717) is 0 Å². The van der Waals surface area contributed by atoms with Crippen molar-refractivity contribution in [1.82, 2.24) is 4.57 Å². The normalized spacial score (nSPS) is 11.7. The van der Waals surface area contributed by atoms with Gasteiger partial charge in [-0.15, -0.1) is 0 Å². The standard InChI is InChI=1S/C62H40N2O/c1-3-22-52-42(13-1)15-12-26-53(52)47-18-11-20-50(39-47)63(49-19-10-17-45(38-49)46-32-36-61-58(40-46)57-35-31-43-14-2-4-23-54(43)62(57)65-61)48-33-29-41(30-34-48)44-16-9-21-51(37-44)64-59-27-7-5-24-55(59)56-25-6-8-28-60(56)64/h1-40H. The Morgan fingerprint density at radius 1 is 0.308 bits per heavy atom. The van der Waals surface area contributed by atoms with E-state index in [1.807, 2.05) is 0 Å². The van der Waals surface area contributed by atoms with Crippen LogP contribution in [0.4, 0.5) is 17.1 Å². The molecule has 0 saturated carbocycles. The summed E-state index contributed by atoms with van der Waals surface area (Å²) in [7, 11) is 0. The minimum atomic E-state index is 0.892. The molecule has 0 bridgehead atoms. The van der Waals surface area contributed by atoms with Gasteiger partial charge in [0.05, 0.1) is 11.0 Å². The molecular weight excluding hydrogens is 789 g/mol. The van der Waals surface area contributed by atoms with Crippen molar-refractivity contribution in [1.29, 1.82) is 0 Å². The van der Waals surface area contributed by atoms with Crippen LogP contribution in [0.1, 0.15) is 0 Å². The van der Waals surface area contributed by atoms with E-state index in [9.17, 15) is 0 Å². The second-order valence-electron chi connectivity index (χ2n) is 16.9. The van der Waals surface area contributed by atoms with E-state index < -0.39 is 0 Å². The Morgan fingerprint density at radius 2 is 0.862 bits per heavy atom. The summed E-state index contributed by atoms with van der Waals surface area (Å²) < 4.78 is 8.88. The number of furan rings is 1. The lowest BCUT2D eigenvalue weighted by atomic mass is 9.97. The predicted molar refractivity (Wildman–Crippen MR) is 274 cm³/mol. The van der Waals surface area contributed by atoms with Crippen LogP contribution in [0, 0.1) is 0 Å². The molecule has 0 saturated heterocycles. The van der Waals surface area contributed by atoms with Crippen molar-refractivity contribution in [3.8, 4) is 39.1 Å². The fourth-order valence-corrected chi connectivity index (χ4v) is 10.1. The molecule has 0 aliphatic carbocycles. The van der Waals surface area contributed by atoms with Crippen LogP contribution < -0.4 is 4.90 Å². The third kappa shape index (κ3) is 6.20. The molecule has 0 N–H and O–H groups in total. The number of aromatic nitrogens is 1. The third-order valence-electron chi connectivity index (χ3n) is 13.1. The summed E-state index contributed by atoms with van der Waals surface area (Å²) in [6.45, 7) is 0. The van der Waals surface area contributed by atoms with Crippen LogP contribution in [0.25, 0.3) is 104 Å². The second-order valence-corrected chi connectivity index (χ2v) is 16.9. The van der Waals surface area contributed by atoms with Crippen LogP contribution in [0.15, 0.2) is 247 Å². The van der Waals surface area contributed by atoms with Gasteiger partial charge in [0.25, 0.3) is 0 Å². The summed E-state index contributed by atoms with van der Waals surface area (Å²) in [5, 5.41) is 9.55. The fraction of sp³-hybridized carbons (Fsp3) is 0. The van der Waals surface area contributed by atoms with E-state index >= 15 is 0 Å². The number of benzene rings is 11. The summed E-state index contributed by atoms with van der Waals surface area (Å²) in [6, 6.07) is 87.8. The van der Waals surface area contributed by atoms with Crippen LogP contribution in [-0.2, 0) is 0 Å². The molecule has 11 aromatic carbocycles. The van der Waals surface area contributed by atoms with Crippen LogP contribution in [0.5, 0.6) is 0 Å². The number of fused-ring (bicyclic) bond motifs is 9. The Bertz CT molecular complexity index is 3910. The van der Waals surface area contributed by atoms with Crippen LogP contribution in [0.2, 0.25) is 0 Å². The first-order chi connectivity index (χ1) is 32.2. The van der Waals surface area contributed by atoms with Gasteiger partial charge in [-0.3, -0.25) is 0 Å². The molecule has 0 fully saturated rings. The highest BCUT2D eigenvalue weighted by molar-refractivity contribution is 6.15. The molecule has 0 amide bonds. The molecule has 13 rings (SSSR count). The van der Waals surface area contributed by atoms with E-state index in [1.54, 1.807) is 0 Å². The third-order valence-corrected chi connectivity index (χ3v) is 13.1. The number of rotatable bonds is 7. The van der Waals surface area contributed by atoms with Crippen molar-refractivity contribution >= 4 is 82.4 Å². The first-order valence-corrected chi connectivity index (χ1v) is 22.2. The van der Waals surface area contributed by atoms with Gasteiger partial charge in [0.15, 0.2) is 0 Å². The van der Waals surface area contributed by atoms with E-state index in [4.69, 9.17) is 4.42 Å². The van der Waals surface area contributed by atoms with E-state index in [-0.39, 0.29) is 0 Å². The van der Waals surface area contributed by atoms with Crippen molar-refractivity contribution in [2.24, 2.45) is 0 Å². The Hall–Kier alpha value is -8.66. The maximum Gasteiger partial charge on any atom is 0.143 e. The molecule has 0 spiro atoms. The number of nitrogens with zero attached hydrogens (tertiary/aromatic N) is 2. The summed E-state index contributed by atoms with van der Waals surface area (Å²) in [6.07, 6.45) is 0. The van der Waals surface area contributed by atoms with Gasteiger partial charge in [-0.05, 0) is 128 Å². The van der Waals surface area contributed by atoms with E-state index in [0.717, 1.165) is 72.3 Å². The highest BCUT2D eigenvalue weighted by atomic mass is 16.3. The first kappa shape index (κ1) is 36.9. The molecule has 3 heteroatoms. The highest BCUT2D eigenvalue weighted by Gasteiger charge is 2.18. The molecule has 2 aromatic heterocycles. The van der Waals surface area contributed by atoms with Crippen molar-refractivity contribution in [3.63, 3.8) is 0 Å². The van der Waals surface area contributed by atoms with E-state index in [1.165, 1.54) is 49.1 Å². The number of hydrogen-bond acceptors (Lipinski definition) is 2. The van der Waals surface area contributed by atoms with Crippen LogP contribution in [0.3, 0.4) is 0 Å². The van der Waals surface area contributed by atoms with E-state index in [2.05, 4.69) is 252 Å². The van der Waals surface area contributed by atoms with Gasteiger partial charge in [0, 0.05) is 49.7 Å². The largest absolute Gasteiger partial charge is 0.455 e. The monoisotopic (exact) mass is 828 g/mol. The Morgan fingerprint density at radius 3 is 1.62 bits per heavy atom. The van der Waals surface area contributed by atoms with Gasteiger partial charge in [-0.2, -0.15) is 0 Å². The quantitative estimate of drug-likeness (QED) is 0.160. The van der Waals surface area contributed by atoms with Gasteiger partial charge in [0.2, 0.25) is 0 Å². The molecule has 0 aliphatic rings. The zero-order valence-electron chi connectivity index (χ0n) is 35.4. The smallest absolute Gasteiger partial charge is 0.143 e. The van der Waals surface area contributed by atoms with Gasteiger partial charge in [-0.1, -0.05) is 164 Å². The Labute approximate surface area is 376 Å². The zero-order chi connectivity index (χ0) is 42.8. The molecule has 0 unspecified atom stereocenters. The minimum Gasteiger partial charge on any atom is -0.455 e. The lowest BCUT2D eigenvalue weighted by Crippen LogP contribution is -2.10. The second kappa shape index (κ2) is 15.0. The topological polar surface area (TPSA) is 21.3 Å². The Balaban J connectivity index is 0.924. The maximum atomic E-state index is 6.50. The average molecular weight is 829 g/mol. The lowest BCUT2D eigenvalue weighted by Gasteiger charge is -2.27. The number of para-hydroxylation sites is 2. The molecule has 0 aliphatic heterocycles. The van der Waals surface area contributed by atoms with Crippen molar-refractivity contribution in [3.05, 3.63) is 243 Å². The molecule has 0 atom stereocenters. The minimum absolute atomic E-state index is 0.892. The van der Waals surface area contributed by atoms with Crippen molar-refractivity contribution in [2.45, 2.75) is 0 Å². The number of anilines is 3. The van der Waals surface area contributed by atoms with Gasteiger partial charge in [0.1, 0.15) is 11.2 Å². The van der Waals surface area contributed by atoms with Gasteiger partial charge < -0.3 is 13.9 Å². The van der Waals surface area contributed by atoms with Crippen molar-refractivity contribution in [2.75, 3.05) is 4.90 Å². The summed E-state index contributed by atoms with van der Waals surface area (Å²) >= 11 is 0. The predicted octanol–water partition coefficient (Wildman–Crippen LogP) is 17.5. The summed E-state index contributed by atoms with van der Waals surface area (Å²) in [4.78, 5) is 2.38. The molecule has 0 radical (unpaired) electrons. The van der Waals surface area contributed by atoms with Crippen molar-refractivity contribution < 1.29 is 4.42 Å². The fourth-order valence-electron chi connectivity index (χ4n) is 10.1. The molecule has 65 heavy (non-hydrogen) atoms. The van der Waals surface area contributed by atoms with Crippen LogP contribution >= 0.6 is 0 Å². The summed E-state index contributed by atoms with van der Waals surface area (Å²) in [5.74, 6) is 0. The lowest BCUT2D eigenvalue weighted by molar-refractivity contribution is 0.672. The molecule has 3 nitrogen and oxygen atoms in total. The summed E-state index contributed by atoms with van der Waals surface area (Å²) in [5.41, 5.74) is 15.6. The SMILES string of the molecule is c1cc(-c2ccc3oc4c5ccccc5ccc4c3c2)cc(N(c2ccc(-c3cccc(-n4c5ccccc5c5ccccc54)c3)cc2)c2cccc(-c3cccc4ccccc34)c2)c1. The van der Waals surface area contributed by atoms with Gasteiger partial charge in [-0.25, -0.2) is 0 Å². The zero-order valence-corrected chi connectivity index (χ0v) is 35.4. The first-order valence-electron chi connectivity index (χ1n) is 22.2.